The van der Waals surface area contributed by atoms with Crippen LogP contribution in [-0.2, 0) is 21.6 Å². The normalized spacial score (nSPS) is 21.4. The minimum Gasteiger partial charge on any atom is -0.369 e. The third kappa shape index (κ3) is 2.66. The Morgan fingerprint density at radius 2 is 2.05 bits per heavy atom. The van der Waals surface area contributed by atoms with Gasteiger partial charge in [0.1, 0.15) is 5.60 Å². The van der Waals surface area contributed by atoms with Gasteiger partial charge in [0.15, 0.2) is 0 Å². The largest absolute Gasteiger partial charge is 0.471 e. The lowest BCUT2D eigenvalue weighted by Crippen LogP contribution is -2.51. The second-order valence-electron chi connectivity index (χ2n) is 5.29. The Hall–Kier alpha value is -0.790. The second kappa shape index (κ2) is 5.14. The van der Waals surface area contributed by atoms with E-state index in [-0.39, 0.29) is 13.1 Å². The maximum absolute atomic E-state index is 12.5. The lowest BCUT2D eigenvalue weighted by Gasteiger charge is -2.43. The number of nitrogens with zero attached hydrogens (tertiary/aromatic N) is 1. The van der Waals surface area contributed by atoms with Gasteiger partial charge in [0.25, 0.3) is 0 Å². The molecule has 0 radical (unpaired) electrons. The highest BCUT2D eigenvalue weighted by Gasteiger charge is 2.48. The number of hydrogen-bond acceptors (Lipinski definition) is 3. The highest BCUT2D eigenvalue weighted by atomic mass is 35.5. The number of carbonyl (C=O) groups is 1. The fraction of sp³-hybridized carbons (Fsp3) is 0.615. The van der Waals surface area contributed by atoms with Crippen LogP contribution in [0.3, 0.4) is 0 Å². The number of rotatable bonds is 0. The van der Waals surface area contributed by atoms with E-state index in [2.05, 4.69) is 0 Å². The van der Waals surface area contributed by atoms with Crippen LogP contribution in [0.25, 0.3) is 0 Å². The zero-order chi connectivity index (χ0) is 15.3. The second-order valence-corrected chi connectivity index (χ2v) is 6.97. The molecule has 2 aliphatic heterocycles. The molecule has 0 atom stereocenters. The molecule has 21 heavy (non-hydrogen) atoms. The van der Waals surface area contributed by atoms with Crippen molar-refractivity contribution in [3.8, 4) is 0 Å². The van der Waals surface area contributed by atoms with E-state index in [0.717, 1.165) is 21.8 Å². The maximum atomic E-state index is 12.5. The average molecular weight is 340 g/mol. The number of halogens is 4. The van der Waals surface area contributed by atoms with Crippen molar-refractivity contribution in [2.75, 3.05) is 19.7 Å². The zero-order valence-electron chi connectivity index (χ0n) is 11.0. The molecule has 8 heteroatoms. The lowest BCUT2D eigenvalue weighted by molar-refractivity contribution is -0.190. The number of piperidine rings is 1. The number of alkyl halides is 3. The van der Waals surface area contributed by atoms with Crippen LogP contribution in [0.4, 0.5) is 13.2 Å². The molecule has 2 aliphatic rings. The van der Waals surface area contributed by atoms with Crippen molar-refractivity contribution in [1.29, 1.82) is 0 Å². The van der Waals surface area contributed by atoms with Crippen LogP contribution in [0.2, 0.25) is 4.34 Å². The van der Waals surface area contributed by atoms with Crippen LogP contribution in [0.1, 0.15) is 23.3 Å². The van der Waals surface area contributed by atoms with Gasteiger partial charge in [-0.2, -0.15) is 13.2 Å². The predicted molar refractivity (Wildman–Crippen MR) is 72.5 cm³/mol. The molecule has 0 N–H and O–H groups in total. The van der Waals surface area contributed by atoms with Gasteiger partial charge in [-0.25, -0.2) is 0 Å². The molecule has 1 aromatic heterocycles. The molecule has 0 bridgehead atoms. The van der Waals surface area contributed by atoms with Gasteiger partial charge < -0.3 is 9.64 Å². The molecule has 1 saturated heterocycles. The SMILES string of the molecule is O=C(N1CCC2(CC1)OCCc1cc(Cl)sc12)C(F)(F)F. The summed E-state index contributed by atoms with van der Waals surface area (Å²) in [6.07, 6.45) is -3.29. The maximum Gasteiger partial charge on any atom is 0.471 e. The number of hydrogen-bond donors (Lipinski definition) is 0. The number of carbonyl (C=O) groups excluding carboxylic acids is 1. The number of ether oxygens (including phenoxy) is 1. The fourth-order valence-electron chi connectivity index (χ4n) is 3.01. The third-order valence-corrected chi connectivity index (χ3v) is 5.54. The minimum absolute atomic E-state index is 0.0489. The monoisotopic (exact) mass is 339 g/mol. The van der Waals surface area contributed by atoms with Gasteiger partial charge in [0.2, 0.25) is 0 Å². The topological polar surface area (TPSA) is 29.5 Å². The van der Waals surface area contributed by atoms with Crippen LogP contribution in [0.5, 0.6) is 0 Å². The molecule has 1 aromatic rings. The molecular weight excluding hydrogens is 327 g/mol. The van der Waals surface area contributed by atoms with E-state index in [9.17, 15) is 18.0 Å². The summed E-state index contributed by atoms with van der Waals surface area (Å²) in [5, 5.41) is 0. The number of likely N-dealkylation sites (tertiary alicyclic amines) is 1. The summed E-state index contributed by atoms with van der Waals surface area (Å²) in [6, 6.07) is 1.90. The van der Waals surface area contributed by atoms with Crippen LogP contribution >= 0.6 is 22.9 Å². The molecule has 3 rings (SSSR count). The molecule has 3 heterocycles. The van der Waals surface area contributed by atoms with Gasteiger partial charge in [0, 0.05) is 18.0 Å². The van der Waals surface area contributed by atoms with Crippen molar-refractivity contribution in [2.45, 2.75) is 31.0 Å². The van der Waals surface area contributed by atoms with Crippen molar-refractivity contribution < 1.29 is 22.7 Å². The summed E-state index contributed by atoms with van der Waals surface area (Å²) in [7, 11) is 0. The van der Waals surface area contributed by atoms with Gasteiger partial charge >= 0.3 is 12.1 Å². The first-order valence-electron chi connectivity index (χ1n) is 6.61. The van der Waals surface area contributed by atoms with Crippen molar-refractivity contribution in [2.24, 2.45) is 0 Å². The summed E-state index contributed by atoms with van der Waals surface area (Å²) in [5.41, 5.74) is 0.542. The first-order chi connectivity index (χ1) is 9.82. The van der Waals surface area contributed by atoms with Crippen molar-refractivity contribution in [3.63, 3.8) is 0 Å². The molecular formula is C13H13ClF3NO2S. The lowest BCUT2D eigenvalue weighted by atomic mass is 9.85. The van der Waals surface area contributed by atoms with Crippen LogP contribution in [0.15, 0.2) is 6.07 Å². The summed E-state index contributed by atoms with van der Waals surface area (Å²) >= 11 is 7.47. The van der Waals surface area contributed by atoms with Gasteiger partial charge in [-0.3, -0.25) is 4.79 Å². The van der Waals surface area contributed by atoms with E-state index < -0.39 is 17.7 Å². The predicted octanol–water partition coefficient (Wildman–Crippen LogP) is 3.35. The van der Waals surface area contributed by atoms with Gasteiger partial charge in [-0.15, -0.1) is 11.3 Å². The molecule has 0 aromatic carbocycles. The molecule has 1 spiro atoms. The first kappa shape index (κ1) is 15.1. The highest BCUT2D eigenvalue weighted by molar-refractivity contribution is 7.16. The van der Waals surface area contributed by atoms with Gasteiger partial charge in [-0.1, -0.05) is 11.6 Å². The summed E-state index contributed by atoms with van der Waals surface area (Å²) < 4.78 is 44.0. The van der Waals surface area contributed by atoms with Crippen molar-refractivity contribution in [1.82, 2.24) is 4.90 Å². The molecule has 3 nitrogen and oxygen atoms in total. The van der Waals surface area contributed by atoms with Crippen LogP contribution < -0.4 is 0 Å². The van der Waals surface area contributed by atoms with E-state index in [0.29, 0.717) is 23.8 Å². The average Bonchev–Trinajstić information content (AvgIpc) is 2.80. The van der Waals surface area contributed by atoms with E-state index >= 15 is 0 Å². The Morgan fingerprint density at radius 1 is 1.38 bits per heavy atom. The fourth-order valence-corrected chi connectivity index (χ4v) is 4.51. The third-order valence-electron chi connectivity index (χ3n) is 4.04. The standard InChI is InChI=1S/C13H13ClF3NO2S/c14-9-7-8-1-6-20-12(10(8)21-9)2-4-18(5-3-12)11(19)13(15,16)17/h7H,1-6H2. The van der Waals surface area contributed by atoms with E-state index in [1.807, 2.05) is 6.07 Å². The van der Waals surface area contributed by atoms with E-state index in [1.165, 1.54) is 11.3 Å². The quantitative estimate of drug-likeness (QED) is 0.725. The van der Waals surface area contributed by atoms with Crippen LogP contribution in [0, 0.1) is 0 Å². The zero-order valence-corrected chi connectivity index (χ0v) is 12.6. The van der Waals surface area contributed by atoms with E-state index in [4.69, 9.17) is 16.3 Å². The summed E-state index contributed by atoms with van der Waals surface area (Å²) in [4.78, 5) is 13.2. The van der Waals surface area contributed by atoms with Crippen molar-refractivity contribution >= 4 is 28.8 Å². The minimum atomic E-state index is -4.81. The molecule has 1 fully saturated rings. The highest BCUT2D eigenvalue weighted by Crippen LogP contribution is 2.46. The molecule has 0 saturated carbocycles. The van der Waals surface area contributed by atoms with Gasteiger partial charge in [0.05, 0.1) is 10.9 Å². The van der Waals surface area contributed by atoms with Crippen LogP contribution in [-0.4, -0.2) is 36.7 Å². The Bertz CT molecular complexity index is 564. The Balaban J connectivity index is 1.78. The molecule has 116 valence electrons. The number of amides is 1. The summed E-state index contributed by atoms with van der Waals surface area (Å²) in [6.45, 7) is 0.633. The smallest absolute Gasteiger partial charge is 0.369 e. The molecule has 0 aliphatic carbocycles. The Kier molecular flexibility index (Phi) is 3.70. The Morgan fingerprint density at radius 3 is 2.67 bits per heavy atom. The first-order valence-corrected chi connectivity index (χ1v) is 7.80. The number of fused-ring (bicyclic) bond motifs is 2. The summed E-state index contributed by atoms with van der Waals surface area (Å²) in [5.74, 6) is -1.77. The Labute approximate surface area is 128 Å². The number of thiophene rings is 1. The van der Waals surface area contributed by atoms with E-state index in [1.54, 1.807) is 0 Å². The van der Waals surface area contributed by atoms with Crippen molar-refractivity contribution in [3.05, 3.63) is 20.8 Å². The molecule has 0 unspecified atom stereocenters. The van der Waals surface area contributed by atoms with Gasteiger partial charge in [-0.05, 0) is 30.9 Å². The molecule has 1 amide bonds.